The first-order valence-electron chi connectivity index (χ1n) is 4.70. The van der Waals surface area contributed by atoms with Gasteiger partial charge in [-0.05, 0) is 17.7 Å². The summed E-state index contributed by atoms with van der Waals surface area (Å²) in [6.45, 7) is 8.61. The van der Waals surface area contributed by atoms with Gasteiger partial charge in [0.2, 0.25) is 0 Å². The number of aryl methyl sites for hydroxylation is 1. The SMILES string of the molecule is C=C[Si](C=C)c1cccc(C)c1C(F)(F)F. The van der Waals surface area contributed by atoms with E-state index in [4.69, 9.17) is 0 Å². The molecule has 85 valence electrons. The Kier molecular flexibility index (Phi) is 3.75. The zero-order valence-corrected chi connectivity index (χ0v) is 9.93. The summed E-state index contributed by atoms with van der Waals surface area (Å²) in [7, 11) is -1.53. The van der Waals surface area contributed by atoms with E-state index in [1.165, 1.54) is 19.1 Å². The number of alkyl halides is 3. The van der Waals surface area contributed by atoms with Crippen molar-refractivity contribution in [1.82, 2.24) is 0 Å². The Morgan fingerprint density at radius 3 is 2.19 bits per heavy atom. The van der Waals surface area contributed by atoms with E-state index in [0.29, 0.717) is 5.19 Å². The van der Waals surface area contributed by atoms with Crippen LogP contribution in [0.5, 0.6) is 0 Å². The highest BCUT2D eigenvalue weighted by Crippen LogP contribution is 2.30. The quantitative estimate of drug-likeness (QED) is 0.713. The summed E-state index contributed by atoms with van der Waals surface area (Å²) in [4.78, 5) is 0. The predicted octanol–water partition coefficient (Wildman–Crippen LogP) is 3.17. The van der Waals surface area contributed by atoms with Crippen LogP contribution in [-0.4, -0.2) is 8.80 Å². The fraction of sp³-hybridized carbons (Fsp3) is 0.167. The molecule has 0 aromatic heterocycles. The summed E-state index contributed by atoms with van der Waals surface area (Å²) in [6.07, 6.45) is -4.32. The molecule has 1 aromatic carbocycles. The summed E-state index contributed by atoms with van der Waals surface area (Å²) in [6, 6.07) is 4.61. The molecule has 0 atom stereocenters. The third-order valence-electron chi connectivity index (χ3n) is 2.31. The maximum Gasteiger partial charge on any atom is 0.416 e. The summed E-state index contributed by atoms with van der Waals surface area (Å²) in [5, 5.41) is 0.308. The molecule has 0 N–H and O–H groups in total. The van der Waals surface area contributed by atoms with Crippen molar-refractivity contribution in [3.8, 4) is 0 Å². The van der Waals surface area contributed by atoms with Crippen LogP contribution in [0.4, 0.5) is 13.2 Å². The molecule has 1 rings (SSSR count). The van der Waals surface area contributed by atoms with E-state index in [1.807, 2.05) is 0 Å². The minimum atomic E-state index is -4.32. The predicted molar refractivity (Wildman–Crippen MR) is 62.0 cm³/mol. The van der Waals surface area contributed by atoms with Gasteiger partial charge in [-0.25, -0.2) is 0 Å². The maximum atomic E-state index is 12.9. The molecule has 4 heteroatoms. The van der Waals surface area contributed by atoms with Gasteiger partial charge in [0, 0.05) is 0 Å². The minimum Gasteiger partial charge on any atom is -0.166 e. The van der Waals surface area contributed by atoms with Gasteiger partial charge in [0.05, 0.1) is 5.56 Å². The molecule has 0 bridgehead atoms. The number of hydrogen-bond donors (Lipinski definition) is 0. The fourth-order valence-corrected chi connectivity index (χ4v) is 3.11. The second kappa shape index (κ2) is 4.70. The average molecular weight is 241 g/mol. The van der Waals surface area contributed by atoms with Crippen LogP contribution in [0.25, 0.3) is 0 Å². The van der Waals surface area contributed by atoms with Crippen LogP contribution >= 0.6 is 0 Å². The van der Waals surface area contributed by atoms with E-state index in [-0.39, 0.29) is 5.56 Å². The van der Waals surface area contributed by atoms with E-state index in [9.17, 15) is 13.2 Å². The highest BCUT2D eigenvalue weighted by Gasteiger charge is 2.36. The van der Waals surface area contributed by atoms with Crippen LogP contribution in [0.15, 0.2) is 42.8 Å². The van der Waals surface area contributed by atoms with Crippen LogP contribution < -0.4 is 5.19 Å². The Hall–Kier alpha value is -1.29. The Balaban J connectivity index is 3.45. The van der Waals surface area contributed by atoms with E-state index < -0.39 is 20.5 Å². The molecule has 0 heterocycles. The van der Waals surface area contributed by atoms with E-state index in [2.05, 4.69) is 13.2 Å². The highest BCUT2D eigenvalue weighted by atomic mass is 28.3. The third kappa shape index (κ3) is 2.44. The van der Waals surface area contributed by atoms with Gasteiger partial charge in [0.15, 0.2) is 0 Å². The first kappa shape index (κ1) is 12.8. The Morgan fingerprint density at radius 1 is 1.19 bits per heavy atom. The molecule has 0 saturated carbocycles. The second-order valence-electron chi connectivity index (χ2n) is 3.36. The molecule has 1 aromatic rings. The second-order valence-corrected chi connectivity index (χ2v) is 5.62. The molecule has 0 fully saturated rings. The van der Waals surface area contributed by atoms with Crippen LogP contribution in [0.1, 0.15) is 11.1 Å². The van der Waals surface area contributed by atoms with E-state index >= 15 is 0 Å². The van der Waals surface area contributed by atoms with Crippen molar-refractivity contribution in [3.05, 3.63) is 53.9 Å². The number of rotatable bonds is 3. The molecule has 0 aliphatic carbocycles. The normalized spacial score (nSPS) is 11.6. The Bertz CT molecular complexity index is 399. The molecule has 0 aliphatic rings. The summed E-state index contributed by atoms with van der Waals surface area (Å²) in [5.74, 6) is 0. The summed E-state index contributed by atoms with van der Waals surface area (Å²) >= 11 is 0. The Labute approximate surface area is 94.7 Å². The van der Waals surface area contributed by atoms with E-state index in [0.717, 1.165) is 0 Å². The lowest BCUT2D eigenvalue weighted by molar-refractivity contribution is -0.137. The van der Waals surface area contributed by atoms with Gasteiger partial charge in [0.1, 0.15) is 8.80 Å². The average Bonchev–Trinajstić information content (AvgIpc) is 2.17. The van der Waals surface area contributed by atoms with Gasteiger partial charge >= 0.3 is 6.18 Å². The lowest BCUT2D eigenvalue weighted by Gasteiger charge is -2.17. The first-order valence-corrected chi connectivity index (χ1v) is 6.36. The monoisotopic (exact) mass is 241 g/mol. The highest BCUT2D eigenvalue weighted by molar-refractivity contribution is 6.82. The third-order valence-corrected chi connectivity index (χ3v) is 4.23. The van der Waals surface area contributed by atoms with Crippen molar-refractivity contribution in [2.75, 3.05) is 0 Å². The van der Waals surface area contributed by atoms with E-state index in [1.54, 1.807) is 17.5 Å². The zero-order chi connectivity index (χ0) is 12.3. The molecular weight excluding hydrogens is 229 g/mol. The molecule has 16 heavy (non-hydrogen) atoms. The fourth-order valence-electron chi connectivity index (χ4n) is 1.59. The molecule has 0 amide bonds. The number of halogens is 3. The van der Waals surface area contributed by atoms with Crippen molar-refractivity contribution in [1.29, 1.82) is 0 Å². The van der Waals surface area contributed by atoms with Crippen molar-refractivity contribution in [3.63, 3.8) is 0 Å². The maximum absolute atomic E-state index is 12.9. The molecule has 0 spiro atoms. The van der Waals surface area contributed by atoms with Crippen molar-refractivity contribution in [2.24, 2.45) is 0 Å². The van der Waals surface area contributed by atoms with Gasteiger partial charge in [-0.3, -0.25) is 0 Å². The van der Waals surface area contributed by atoms with Crippen molar-refractivity contribution >= 4 is 14.0 Å². The van der Waals surface area contributed by atoms with Crippen LogP contribution in [0.3, 0.4) is 0 Å². The molecule has 0 unspecified atom stereocenters. The molecular formula is C12H12F3Si. The number of hydrogen-bond acceptors (Lipinski definition) is 0. The van der Waals surface area contributed by atoms with Gasteiger partial charge < -0.3 is 0 Å². The Morgan fingerprint density at radius 2 is 1.75 bits per heavy atom. The lowest BCUT2D eigenvalue weighted by Crippen LogP contribution is -2.34. The number of benzene rings is 1. The lowest BCUT2D eigenvalue weighted by atomic mass is 10.1. The van der Waals surface area contributed by atoms with Crippen molar-refractivity contribution < 1.29 is 13.2 Å². The standard InChI is InChI=1S/C12H12F3Si/c1-4-16(5-2)10-8-6-7-9(3)11(10)12(13,14)15/h4-8H,1-2H2,3H3. The van der Waals surface area contributed by atoms with Gasteiger partial charge in [-0.1, -0.05) is 29.6 Å². The molecule has 0 nitrogen and oxygen atoms in total. The summed E-state index contributed by atoms with van der Waals surface area (Å²) in [5.41, 5.74) is 2.82. The van der Waals surface area contributed by atoms with Gasteiger partial charge in [0.25, 0.3) is 0 Å². The first-order chi connectivity index (χ1) is 7.41. The topological polar surface area (TPSA) is 0 Å². The summed E-state index contributed by atoms with van der Waals surface area (Å²) < 4.78 is 38.7. The largest absolute Gasteiger partial charge is 0.416 e. The molecule has 1 radical (unpaired) electrons. The van der Waals surface area contributed by atoms with Crippen molar-refractivity contribution in [2.45, 2.75) is 13.1 Å². The smallest absolute Gasteiger partial charge is 0.166 e. The van der Waals surface area contributed by atoms with Gasteiger partial charge in [-0.2, -0.15) is 13.2 Å². The molecule has 0 saturated heterocycles. The van der Waals surface area contributed by atoms with Crippen LogP contribution in [-0.2, 0) is 6.18 Å². The molecule has 0 aliphatic heterocycles. The van der Waals surface area contributed by atoms with Crippen LogP contribution in [0, 0.1) is 6.92 Å². The zero-order valence-electron chi connectivity index (χ0n) is 8.93. The van der Waals surface area contributed by atoms with Gasteiger partial charge in [-0.15, -0.1) is 13.2 Å². The van der Waals surface area contributed by atoms with Crippen LogP contribution in [0.2, 0.25) is 0 Å². The minimum absolute atomic E-state index is 0.246.